The van der Waals surface area contributed by atoms with E-state index in [4.69, 9.17) is 0 Å². The molecule has 0 aromatic heterocycles. The van der Waals surface area contributed by atoms with E-state index in [1.54, 1.807) is 4.90 Å². The highest BCUT2D eigenvalue weighted by molar-refractivity contribution is 5.46. The third-order valence-corrected chi connectivity index (χ3v) is 2.65. The van der Waals surface area contributed by atoms with Gasteiger partial charge in [0.05, 0.1) is 0 Å². The lowest BCUT2D eigenvalue weighted by Gasteiger charge is -2.19. The van der Waals surface area contributed by atoms with E-state index >= 15 is 0 Å². The number of unbranched alkanes of at least 4 members (excludes halogenated alkanes) is 2. The Bertz CT molecular complexity index is 151. The van der Waals surface area contributed by atoms with Crippen LogP contribution in [0.15, 0.2) is 0 Å². The van der Waals surface area contributed by atoms with E-state index in [1.807, 2.05) is 7.05 Å². The van der Waals surface area contributed by atoms with Gasteiger partial charge in [0, 0.05) is 13.6 Å². The Morgan fingerprint density at radius 1 is 1.00 bits per heavy atom. The first-order valence-corrected chi connectivity index (χ1v) is 6.12. The van der Waals surface area contributed by atoms with Crippen molar-refractivity contribution in [2.75, 3.05) is 33.2 Å². The summed E-state index contributed by atoms with van der Waals surface area (Å²) in [6.45, 7) is 8.91. The number of carbonyl (C=O) groups is 1. The zero-order valence-corrected chi connectivity index (χ0v) is 10.5. The second kappa shape index (κ2) is 9.97. The number of hydrogen-bond donors (Lipinski definition) is 0. The molecule has 0 heterocycles. The average Bonchev–Trinajstić information content (AvgIpc) is 2.26. The van der Waals surface area contributed by atoms with Gasteiger partial charge in [-0.2, -0.15) is 0 Å². The van der Waals surface area contributed by atoms with E-state index in [-0.39, 0.29) is 0 Å². The van der Waals surface area contributed by atoms with Crippen LogP contribution in [-0.2, 0) is 4.79 Å². The van der Waals surface area contributed by atoms with E-state index in [2.05, 4.69) is 18.7 Å². The SMILES string of the molecule is CCCN(CC)CCCCCN(C)C=O. The predicted molar refractivity (Wildman–Crippen MR) is 65.0 cm³/mol. The lowest BCUT2D eigenvalue weighted by Crippen LogP contribution is -2.25. The van der Waals surface area contributed by atoms with E-state index in [9.17, 15) is 4.79 Å². The van der Waals surface area contributed by atoms with Gasteiger partial charge in [-0.1, -0.05) is 20.3 Å². The van der Waals surface area contributed by atoms with Crippen molar-refractivity contribution in [3.05, 3.63) is 0 Å². The van der Waals surface area contributed by atoms with Gasteiger partial charge in [0.2, 0.25) is 6.41 Å². The van der Waals surface area contributed by atoms with Crippen LogP contribution in [0.4, 0.5) is 0 Å². The molecule has 3 nitrogen and oxygen atoms in total. The van der Waals surface area contributed by atoms with Crippen molar-refractivity contribution in [3.63, 3.8) is 0 Å². The van der Waals surface area contributed by atoms with Gasteiger partial charge in [-0.3, -0.25) is 4.79 Å². The molecule has 0 bridgehead atoms. The van der Waals surface area contributed by atoms with Crippen LogP contribution in [0.2, 0.25) is 0 Å². The van der Waals surface area contributed by atoms with Crippen LogP contribution in [0.1, 0.15) is 39.5 Å². The van der Waals surface area contributed by atoms with Crippen LogP contribution < -0.4 is 0 Å². The summed E-state index contributed by atoms with van der Waals surface area (Å²) in [6, 6.07) is 0. The van der Waals surface area contributed by atoms with Crippen LogP contribution in [0.25, 0.3) is 0 Å². The predicted octanol–water partition coefficient (Wildman–Crippen LogP) is 1.98. The summed E-state index contributed by atoms with van der Waals surface area (Å²) >= 11 is 0. The Balaban J connectivity index is 3.32. The molecule has 0 unspecified atom stereocenters. The summed E-state index contributed by atoms with van der Waals surface area (Å²) in [4.78, 5) is 14.5. The number of carbonyl (C=O) groups excluding carboxylic acids is 1. The first kappa shape index (κ1) is 14.4. The molecule has 0 atom stereocenters. The number of nitrogens with zero attached hydrogens (tertiary/aromatic N) is 2. The third-order valence-electron chi connectivity index (χ3n) is 2.65. The first-order chi connectivity index (χ1) is 7.24. The summed E-state index contributed by atoms with van der Waals surface area (Å²) in [6.07, 6.45) is 5.73. The second-order valence-corrected chi connectivity index (χ2v) is 4.08. The van der Waals surface area contributed by atoms with E-state index < -0.39 is 0 Å². The molecule has 0 saturated heterocycles. The van der Waals surface area contributed by atoms with Crippen molar-refractivity contribution >= 4 is 6.41 Å². The van der Waals surface area contributed by atoms with Gasteiger partial charge in [-0.05, 0) is 38.9 Å². The highest BCUT2D eigenvalue weighted by Crippen LogP contribution is 2.00. The quantitative estimate of drug-likeness (QED) is 0.410. The van der Waals surface area contributed by atoms with E-state index in [0.717, 1.165) is 25.9 Å². The largest absolute Gasteiger partial charge is 0.348 e. The number of rotatable bonds is 10. The van der Waals surface area contributed by atoms with Gasteiger partial charge in [0.25, 0.3) is 0 Å². The second-order valence-electron chi connectivity index (χ2n) is 4.08. The maximum Gasteiger partial charge on any atom is 0.209 e. The van der Waals surface area contributed by atoms with Crippen LogP contribution in [0, 0.1) is 0 Å². The Morgan fingerprint density at radius 3 is 2.20 bits per heavy atom. The monoisotopic (exact) mass is 214 g/mol. The molecule has 0 radical (unpaired) electrons. The van der Waals surface area contributed by atoms with Gasteiger partial charge in [0.1, 0.15) is 0 Å². The van der Waals surface area contributed by atoms with E-state index in [0.29, 0.717) is 0 Å². The Kier molecular flexibility index (Phi) is 9.59. The smallest absolute Gasteiger partial charge is 0.209 e. The molecule has 0 aliphatic carbocycles. The third kappa shape index (κ3) is 8.43. The highest BCUT2D eigenvalue weighted by Gasteiger charge is 2.00. The van der Waals surface area contributed by atoms with Crippen molar-refractivity contribution < 1.29 is 4.79 Å². The van der Waals surface area contributed by atoms with E-state index in [1.165, 1.54) is 32.4 Å². The van der Waals surface area contributed by atoms with Crippen molar-refractivity contribution in [2.24, 2.45) is 0 Å². The molecule has 90 valence electrons. The molecule has 0 N–H and O–H groups in total. The minimum Gasteiger partial charge on any atom is -0.348 e. The fourth-order valence-corrected chi connectivity index (χ4v) is 1.67. The summed E-state index contributed by atoms with van der Waals surface area (Å²) in [5.41, 5.74) is 0. The highest BCUT2D eigenvalue weighted by atomic mass is 16.1. The zero-order valence-electron chi connectivity index (χ0n) is 10.5. The fraction of sp³-hybridized carbons (Fsp3) is 0.917. The van der Waals surface area contributed by atoms with Crippen molar-refractivity contribution in [2.45, 2.75) is 39.5 Å². The fourth-order valence-electron chi connectivity index (χ4n) is 1.67. The van der Waals surface area contributed by atoms with Crippen LogP contribution >= 0.6 is 0 Å². The van der Waals surface area contributed by atoms with Crippen molar-refractivity contribution in [1.29, 1.82) is 0 Å². The van der Waals surface area contributed by atoms with Crippen LogP contribution in [0.3, 0.4) is 0 Å². The van der Waals surface area contributed by atoms with Crippen molar-refractivity contribution in [3.8, 4) is 0 Å². The molecule has 1 amide bonds. The molecule has 0 aromatic rings. The summed E-state index contributed by atoms with van der Waals surface area (Å²) < 4.78 is 0. The van der Waals surface area contributed by atoms with Crippen molar-refractivity contribution in [1.82, 2.24) is 9.80 Å². The first-order valence-electron chi connectivity index (χ1n) is 6.12. The molecule has 0 aromatic carbocycles. The minimum atomic E-state index is 0.892. The molecule has 15 heavy (non-hydrogen) atoms. The average molecular weight is 214 g/mol. The normalized spacial score (nSPS) is 10.7. The maximum absolute atomic E-state index is 10.3. The molecular formula is C12H26N2O. The molecule has 0 saturated carbocycles. The van der Waals surface area contributed by atoms with Crippen LogP contribution in [0.5, 0.6) is 0 Å². The Hall–Kier alpha value is -0.570. The molecule has 0 spiro atoms. The Morgan fingerprint density at radius 2 is 1.67 bits per heavy atom. The minimum absolute atomic E-state index is 0.892. The van der Waals surface area contributed by atoms with Gasteiger partial charge in [-0.25, -0.2) is 0 Å². The molecular weight excluding hydrogens is 188 g/mol. The molecule has 0 aliphatic rings. The number of hydrogen-bond acceptors (Lipinski definition) is 2. The summed E-state index contributed by atoms with van der Waals surface area (Å²) in [5, 5.41) is 0. The topological polar surface area (TPSA) is 23.6 Å². The molecule has 0 fully saturated rings. The van der Waals surface area contributed by atoms with Gasteiger partial charge < -0.3 is 9.80 Å². The van der Waals surface area contributed by atoms with Gasteiger partial charge in [0.15, 0.2) is 0 Å². The van der Waals surface area contributed by atoms with Gasteiger partial charge in [-0.15, -0.1) is 0 Å². The molecule has 0 aliphatic heterocycles. The Labute approximate surface area is 94.4 Å². The summed E-state index contributed by atoms with van der Waals surface area (Å²) in [5.74, 6) is 0. The lowest BCUT2D eigenvalue weighted by molar-refractivity contribution is -0.117. The number of amides is 1. The standard InChI is InChI=1S/C12H26N2O/c1-4-9-14(5-2)11-8-6-7-10-13(3)12-15/h12H,4-11H2,1-3H3. The summed E-state index contributed by atoms with van der Waals surface area (Å²) in [7, 11) is 1.84. The maximum atomic E-state index is 10.3. The van der Waals surface area contributed by atoms with Gasteiger partial charge >= 0.3 is 0 Å². The molecule has 3 heteroatoms. The zero-order chi connectivity index (χ0) is 11.5. The molecule has 0 rings (SSSR count). The van der Waals surface area contributed by atoms with Crippen LogP contribution in [-0.4, -0.2) is 49.4 Å². The lowest BCUT2D eigenvalue weighted by atomic mass is 10.2.